The van der Waals surface area contributed by atoms with Crippen molar-refractivity contribution in [2.24, 2.45) is 0 Å². The molecule has 0 fully saturated rings. The average molecular weight is 309 g/mol. The smallest absolute Gasteiger partial charge is 0.263 e. The minimum absolute atomic E-state index is 0.226. The van der Waals surface area contributed by atoms with Gasteiger partial charge in [-0.1, -0.05) is 6.07 Å². The normalized spacial score (nSPS) is 13.9. The van der Waals surface area contributed by atoms with Crippen molar-refractivity contribution < 1.29 is 13.6 Å². The molecule has 2 aromatic rings. The van der Waals surface area contributed by atoms with Gasteiger partial charge in [0.25, 0.3) is 5.91 Å². The summed E-state index contributed by atoms with van der Waals surface area (Å²) in [5.74, 6) is -2.53. The number of aromatic nitrogens is 1. The molecule has 0 saturated heterocycles. The maximum absolute atomic E-state index is 13.9. The van der Waals surface area contributed by atoms with Gasteiger partial charge in [0.1, 0.15) is 17.2 Å². The Kier molecular flexibility index (Phi) is 3.69. The Morgan fingerprint density at radius 2 is 2.24 bits per heavy atom. The number of nitrogens with one attached hydrogen (secondary N) is 2. The first kappa shape index (κ1) is 14.1. The Bertz CT molecular complexity index is 691. The van der Waals surface area contributed by atoms with E-state index in [-0.39, 0.29) is 5.56 Å². The molecule has 0 bridgehead atoms. The quantitative estimate of drug-likeness (QED) is 0.896. The number of carbonyl (C=O) groups is 1. The van der Waals surface area contributed by atoms with Crippen molar-refractivity contribution in [1.29, 1.82) is 0 Å². The lowest BCUT2D eigenvalue weighted by Gasteiger charge is -2.09. The molecule has 110 valence electrons. The second kappa shape index (κ2) is 5.50. The summed E-state index contributed by atoms with van der Waals surface area (Å²) in [7, 11) is 0. The number of amides is 1. The second-order valence-electron chi connectivity index (χ2n) is 4.82. The number of rotatable bonds is 2. The standard InChI is InChI=1S/C14H13F2N3OS/c1-7-2-3-8(15)11(12(7)16)13(20)19-14-18-9-4-5-17-6-10(9)21-14/h2-3,17H,4-6H2,1H3,(H,18,19,20). The highest BCUT2D eigenvalue weighted by Crippen LogP contribution is 2.26. The highest BCUT2D eigenvalue weighted by molar-refractivity contribution is 7.15. The number of hydrogen-bond donors (Lipinski definition) is 2. The van der Waals surface area contributed by atoms with Crippen molar-refractivity contribution in [2.75, 3.05) is 11.9 Å². The maximum atomic E-state index is 13.9. The molecule has 1 aromatic heterocycles. The Hall–Kier alpha value is -1.86. The van der Waals surface area contributed by atoms with Crippen LogP contribution in [0.25, 0.3) is 0 Å². The Labute approximate surface area is 124 Å². The van der Waals surface area contributed by atoms with Crippen LogP contribution in [0.1, 0.15) is 26.5 Å². The zero-order valence-corrected chi connectivity index (χ0v) is 12.1. The van der Waals surface area contributed by atoms with E-state index in [0.717, 1.165) is 29.6 Å². The van der Waals surface area contributed by atoms with Crippen LogP contribution in [0.4, 0.5) is 13.9 Å². The lowest BCUT2D eigenvalue weighted by Crippen LogP contribution is -2.22. The Morgan fingerprint density at radius 1 is 1.43 bits per heavy atom. The highest BCUT2D eigenvalue weighted by atomic mass is 32.1. The largest absolute Gasteiger partial charge is 0.311 e. The second-order valence-corrected chi connectivity index (χ2v) is 5.91. The summed E-state index contributed by atoms with van der Waals surface area (Å²) in [6.07, 6.45) is 0.787. The van der Waals surface area contributed by atoms with Gasteiger partial charge in [-0.05, 0) is 18.6 Å². The molecule has 0 unspecified atom stereocenters. The van der Waals surface area contributed by atoms with Gasteiger partial charge in [-0.25, -0.2) is 13.8 Å². The van der Waals surface area contributed by atoms with Crippen molar-refractivity contribution in [3.05, 3.63) is 45.5 Å². The fourth-order valence-corrected chi connectivity index (χ4v) is 3.18. The van der Waals surface area contributed by atoms with Crippen LogP contribution in [0.15, 0.2) is 12.1 Å². The van der Waals surface area contributed by atoms with E-state index in [9.17, 15) is 13.6 Å². The molecule has 7 heteroatoms. The number of benzene rings is 1. The third-order valence-electron chi connectivity index (χ3n) is 3.33. The van der Waals surface area contributed by atoms with E-state index in [1.807, 2.05) is 0 Å². The van der Waals surface area contributed by atoms with E-state index in [0.29, 0.717) is 11.7 Å². The number of nitrogens with zero attached hydrogens (tertiary/aromatic N) is 1. The predicted molar refractivity (Wildman–Crippen MR) is 76.6 cm³/mol. The summed E-state index contributed by atoms with van der Waals surface area (Å²) >= 11 is 1.32. The van der Waals surface area contributed by atoms with E-state index >= 15 is 0 Å². The lowest BCUT2D eigenvalue weighted by atomic mass is 10.1. The third-order valence-corrected chi connectivity index (χ3v) is 4.35. The number of fused-ring (bicyclic) bond motifs is 1. The molecular weight excluding hydrogens is 296 g/mol. The lowest BCUT2D eigenvalue weighted by molar-refractivity contribution is 0.101. The van der Waals surface area contributed by atoms with Gasteiger partial charge in [-0.3, -0.25) is 10.1 Å². The van der Waals surface area contributed by atoms with Gasteiger partial charge < -0.3 is 5.32 Å². The molecule has 3 rings (SSSR count). The van der Waals surface area contributed by atoms with Crippen LogP contribution in [0.3, 0.4) is 0 Å². The van der Waals surface area contributed by atoms with E-state index < -0.39 is 23.1 Å². The van der Waals surface area contributed by atoms with Gasteiger partial charge in [-0.15, -0.1) is 11.3 Å². The summed E-state index contributed by atoms with van der Waals surface area (Å²) in [6, 6.07) is 2.39. The first-order chi connectivity index (χ1) is 10.1. The molecule has 0 aliphatic carbocycles. The molecule has 1 aliphatic heterocycles. The number of anilines is 1. The van der Waals surface area contributed by atoms with E-state index in [1.165, 1.54) is 24.3 Å². The molecule has 0 spiro atoms. The van der Waals surface area contributed by atoms with E-state index in [4.69, 9.17) is 0 Å². The van der Waals surface area contributed by atoms with Gasteiger partial charge >= 0.3 is 0 Å². The Morgan fingerprint density at radius 3 is 3.00 bits per heavy atom. The zero-order valence-electron chi connectivity index (χ0n) is 11.3. The van der Waals surface area contributed by atoms with Crippen LogP contribution in [-0.4, -0.2) is 17.4 Å². The summed E-state index contributed by atoms with van der Waals surface area (Å²) in [4.78, 5) is 17.4. The summed E-state index contributed by atoms with van der Waals surface area (Å²) in [6.45, 7) is 3.03. The van der Waals surface area contributed by atoms with Crippen molar-refractivity contribution >= 4 is 22.4 Å². The van der Waals surface area contributed by atoms with Crippen LogP contribution in [0, 0.1) is 18.6 Å². The number of thiazole rings is 1. The molecule has 1 aliphatic rings. The van der Waals surface area contributed by atoms with Crippen LogP contribution in [0.5, 0.6) is 0 Å². The first-order valence-electron chi connectivity index (χ1n) is 6.51. The molecule has 0 atom stereocenters. The molecular formula is C14H13F2N3OS. The average Bonchev–Trinajstić information content (AvgIpc) is 2.85. The minimum Gasteiger partial charge on any atom is -0.311 e. The van der Waals surface area contributed by atoms with Gasteiger partial charge in [0.15, 0.2) is 5.13 Å². The SMILES string of the molecule is Cc1ccc(F)c(C(=O)Nc2nc3c(s2)CNCC3)c1F. The number of halogens is 2. The fraction of sp³-hybridized carbons (Fsp3) is 0.286. The van der Waals surface area contributed by atoms with Crippen molar-refractivity contribution in [1.82, 2.24) is 10.3 Å². The summed E-state index contributed by atoms with van der Waals surface area (Å²) in [5, 5.41) is 6.06. The fourth-order valence-electron chi connectivity index (χ4n) is 2.20. The van der Waals surface area contributed by atoms with Crippen LogP contribution in [-0.2, 0) is 13.0 Å². The van der Waals surface area contributed by atoms with E-state index in [2.05, 4.69) is 15.6 Å². The van der Waals surface area contributed by atoms with Crippen LogP contribution >= 0.6 is 11.3 Å². The predicted octanol–water partition coefficient (Wildman–Crippen LogP) is 2.63. The van der Waals surface area contributed by atoms with E-state index in [1.54, 1.807) is 0 Å². The van der Waals surface area contributed by atoms with Crippen molar-refractivity contribution in [2.45, 2.75) is 19.9 Å². The molecule has 2 N–H and O–H groups in total. The summed E-state index contributed by atoms with van der Waals surface area (Å²) < 4.78 is 27.6. The zero-order chi connectivity index (χ0) is 15.0. The van der Waals surface area contributed by atoms with Gasteiger partial charge in [-0.2, -0.15) is 0 Å². The van der Waals surface area contributed by atoms with Crippen molar-refractivity contribution in [3.8, 4) is 0 Å². The number of carbonyl (C=O) groups excluding carboxylic acids is 1. The van der Waals surface area contributed by atoms with Crippen LogP contribution < -0.4 is 10.6 Å². The molecule has 4 nitrogen and oxygen atoms in total. The molecule has 21 heavy (non-hydrogen) atoms. The molecule has 0 saturated carbocycles. The van der Waals surface area contributed by atoms with Crippen LogP contribution in [0.2, 0.25) is 0 Å². The molecule has 1 aromatic carbocycles. The van der Waals surface area contributed by atoms with Gasteiger partial charge in [0, 0.05) is 24.4 Å². The first-order valence-corrected chi connectivity index (χ1v) is 7.33. The molecule has 2 heterocycles. The molecule has 1 amide bonds. The topological polar surface area (TPSA) is 54.0 Å². The van der Waals surface area contributed by atoms with Gasteiger partial charge in [0.05, 0.1) is 5.69 Å². The van der Waals surface area contributed by atoms with Crippen molar-refractivity contribution in [3.63, 3.8) is 0 Å². The van der Waals surface area contributed by atoms with Gasteiger partial charge in [0.2, 0.25) is 0 Å². The monoisotopic (exact) mass is 309 g/mol. The summed E-state index contributed by atoms with van der Waals surface area (Å²) in [5.41, 5.74) is 0.588. The molecule has 0 radical (unpaired) electrons. The third kappa shape index (κ3) is 2.66. The number of hydrogen-bond acceptors (Lipinski definition) is 4. The Balaban J connectivity index is 1.87. The maximum Gasteiger partial charge on any atom is 0.263 e. The number of aryl methyl sites for hydroxylation is 1. The highest BCUT2D eigenvalue weighted by Gasteiger charge is 2.21. The minimum atomic E-state index is -0.876.